The minimum absolute atomic E-state index is 0.146. The molecule has 0 aliphatic carbocycles. The van der Waals surface area contributed by atoms with Crippen LogP contribution in [0.3, 0.4) is 0 Å². The van der Waals surface area contributed by atoms with E-state index < -0.39 is 0 Å². The first-order chi connectivity index (χ1) is 13.0. The molecule has 27 heavy (non-hydrogen) atoms. The fraction of sp³-hybridized carbons (Fsp3) is 0.316. The Hall–Kier alpha value is -3.13. The van der Waals surface area contributed by atoms with Gasteiger partial charge in [-0.3, -0.25) is 14.7 Å². The molecule has 3 aromatic rings. The number of ether oxygens (including phenoxy) is 1. The first-order valence-corrected chi connectivity index (χ1v) is 8.83. The molecule has 0 amide bonds. The van der Waals surface area contributed by atoms with E-state index in [0.29, 0.717) is 12.1 Å². The Morgan fingerprint density at radius 3 is 2.81 bits per heavy atom. The van der Waals surface area contributed by atoms with Crippen molar-refractivity contribution >= 4 is 5.95 Å². The van der Waals surface area contributed by atoms with E-state index in [9.17, 15) is 4.79 Å². The molecule has 8 nitrogen and oxygen atoms in total. The lowest BCUT2D eigenvalue weighted by molar-refractivity contribution is 0.241. The van der Waals surface area contributed by atoms with Crippen molar-refractivity contribution in [2.75, 3.05) is 19.4 Å². The Bertz CT molecular complexity index is 1020. The fourth-order valence-corrected chi connectivity index (χ4v) is 3.46. The maximum atomic E-state index is 12.2. The predicted molar refractivity (Wildman–Crippen MR) is 102 cm³/mol. The maximum absolute atomic E-state index is 12.2. The van der Waals surface area contributed by atoms with Gasteiger partial charge in [-0.2, -0.15) is 5.10 Å². The van der Waals surface area contributed by atoms with Crippen LogP contribution in [-0.4, -0.2) is 38.3 Å². The molecule has 1 aliphatic heterocycles. The van der Waals surface area contributed by atoms with Crippen LogP contribution in [0.25, 0.3) is 5.69 Å². The predicted octanol–water partition coefficient (Wildman–Crippen LogP) is 1.41. The van der Waals surface area contributed by atoms with E-state index in [0.717, 1.165) is 47.9 Å². The van der Waals surface area contributed by atoms with Crippen LogP contribution in [-0.2, 0) is 19.5 Å². The Morgan fingerprint density at radius 1 is 1.30 bits per heavy atom. The molecule has 3 heterocycles. The third kappa shape index (κ3) is 3.31. The van der Waals surface area contributed by atoms with Gasteiger partial charge in [-0.05, 0) is 31.2 Å². The summed E-state index contributed by atoms with van der Waals surface area (Å²) >= 11 is 0. The van der Waals surface area contributed by atoms with Gasteiger partial charge in [0.1, 0.15) is 5.75 Å². The van der Waals surface area contributed by atoms with Crippen LogP contribution in [0.4, 0.5) is 5.95 Å². The smallest absolute Gasteiger partial charge is 0.257 e. The number of nitrogens with zero attached hydrogens (tertiary/aromatic N) is 4. The zero-order valence-corrected chi connectivity index (χ0v) is 15.4. The minimum Gasteiger partial charge on any atom is -0.497 e. The van der Waals surface area contributed by atoms with Crippen molar-refractivity contribution in [3.63, 3.8) is 0 Å². The first kappa shape index (κ1) is 17.3. The van der Waals surface area contributed by atoms with Crippen molar-refractivity contribution in [1.29, 1.82) is 0 Å². The van der Waals surface area contributed by atoms with Gasteiger partial charge in [0.15, 0.2) is 0 Å². The maximum Gasteiger partial charge on any atom is 0.257 e. The molecular weight excluding hydrogens is 344 g/mol. The van der Waals surface area contributed by atoms with Crippen molar-refractivity contribution in [3.05, 3.63) is 63.3 Å². The van der Waals surface area contributed by atoms with Gasteiger partial charge in [-0.15, -0.1) is 0 Å². The Labute approximate surface area is 156 Å². The molecule has 0 spiro atoms. The number of benzene rings is 1. The lowest BCUT2D eigenvalue weighted by Crippen LogP contribution is -2.35. The zero-order valence-electron chi connectivity index (χ0n) is 15.4. The lowest BCUT2D eigenvalue weighted by atomic mass is 10.1. The van der Waals surface area contributed by atoms with Crippen molar-refractivity contribution < 1.29 is 4.74 Å². The summed E-state index contributed by atoms with van der Waals surface area (Å²) in [5, 5.41) is 4.53. The quantitative estimate of drug-likeness (QED) is 0.724. The van der Waals surface area contributed by atoms with E-state index in [1.165, 1.54) is 0 Å². The second kappa shape index (κ2) is 6.88. The highest BCUT2D eigenvalue weighted by Gasteiger charge is 2.22. The summed E-state index contributed by atoms with van der Waals surface area (Å²) < 4.78 is 7.13. The monoisotopic (exact) mass is 366 g/mol. The van der Waals surface area contributed by atoms with Crippen LogP contribution in [0, 0.1) is 6.92 Å². The van der Waals surface area contributed by atoms with Gasteiger partial charge in [0, 0.05) is 37.3 Å². The molecule has 140 valence electrons. The molecule has 0 fully saturated rings. The third-order valence-electron chi connectivity index (χ3n) is 4.99. The lowest BCUT2D eigenvalue weighted by Gasteiger charge is -2.27. The summed E-state index contributed by atoms with van der Waals surface area (Å²) in [5.41, 5.74) is 10.2. The van der Waals surface area contributed by atoms with Crippen LogP contribution in [0.15, 0.2) is 35.3 Å². The molecule has 0 atom stereocenters. The van der Waals surface area contributed by atoms with Crippen molar-refractivity contribution in [2.24, 2.45) is 0 Å². The van der Waals surface area contributed by atoms with Gasteiger partial charge in [-0.25, -0.2) is 9.67 Å². The van der Waals surface area contributed by atoms with Gasteiger partial charge in [0.2, 0.25) is 5.95 Å². The van der Waals surface area contributed by atoms with E-state index in [4.69, 9.17) is 10.5 Å². The van der Waals surface area contributed by atoms with Crippen LogP contribution in [0.5, 0.6) is 5.75 Å². The number of fused-ring (bicyclic) bond motifs is 1. The standard InChI is InChI=1S/C19H22N6O2/c1-12-13(9-21-25(12)14-3-5-15(27-2)6-4-14)10-24-8-7-17-16(11-24)18(26)23-19(20)22-17/h3-6,9H,7-8,10-11H2,1-2H3,(H3,20,22,23,26). The molecule has 1 aliphatic rings. The van der Waals surface area contributed by atoms with Gasteiger partial charge >= 0.3 is 0 Å². The van der Waals surface area contributed by atoms with Crippen molar-refractivity contribution in [2.45, 2.75) is 26.4 Å². The highest BCUT2D eigenvalue weighted by molar-refractivity contribution is 5.39. The van der Waals surface area contributed by atoms with E-state index in [-0.39, 0.29) is 11.5 Å². The van der Waals surface area contributed by atoms with E-state index >= 15 is 0 Å². The number of rotatable bonds is 4. The third-order valence-corrected chi connectivity index (χ3v) is 4.99. The average molecular weight is 366 g/mol. The molecule has 3 N–H and O–H groups in total. The van der Waals surface area contributed by atoms with Gasteiger partial charge in [-0.1, -0.05) is 0 Å². The second-order valence-corrected chi connectivity index (χ2v) is 6.70. The van der Waals surface area contributed by atoms with Crippen molar-refractivity contribution in [1.82, 2.24) is 24.6 Å². The fourth-order valence-electron chi connectivity index (χ4n) is 3.46. The SMILES string of the molecule is COc1ccc(-n2ncc(CN3CCc4nc(N)[nH]c(=O)c4C3)c2C)cc1. The largest absolute Gasteiger partial charge is 0.497 e. The number of nitrogens with one attached hydrogen (secondary N) is 1. The van der Waals surface area contributed by atoms with Crippen LogP contribution in [0.1, 0.15) is 22.5 Å². The number of nitrogens with two attached hydrogens (primary N) is 1. The van der Waals surface area contributed by atoms with E-state index in [2.05, 4.69) is 26.9 Å². The molecule has 0 saturated heterocycles. The summed E-state index contributed by atoms with van der Waals surface area (Å²) in [6.07, 6.45) is 2.61. The molecule has 0 radical (unpaired) electrons. The topological polar surface area (TPSA) is 102 Å². The van der Waals surface area contributed by atoms with E-state index in [1.807, 2.05) is 35.1 Å². The number of methoxy groups -OCH3 is 1. The van der Waals surface area contributed by atoms with Crippen LogP contribution in [0.2, 0.25) is 0 Å². The van der Waals surface area contributed by atoms with Gasteiger partial charge in [0.05, 0.1) is 30.3 Å². The van der Waals surface area contributed by atoms with Crippen LogP contribution < -0.4 is 16.0 Å². The Kier molecular flexibility index (Phi) is 4.41. The molecule has 0 unspecified atom stereocenters. The van der Waals surface area contributed by atoms with Gasteiger partial charge in [0.25, 0.3) is 5.56 Å². The highest BCUT2D eigenvalue weighted by atomic mass is 16.5. The number of hydrogen-bond donors (Lipinski definition) is 2. The summed E-state index contributed by atoms with van der Waals surface area (Å²) in [5.74, 6) is 0.999. The molecule has 1 aromatic carbocycles. The molecule has 4 rings (SSSR count). The highest BCUT2D eigenvalue weighted by Crippen LogP contribution is 2.21. The van der Waals surface area contributed by atoms with Crippen molar-refractivity contribution in [3.8, 4) is 11.4 Å². The number of nitrogen functional groups attached to an aromatic ring is 1. The molecule has 0 saturated carbocycles. The van der Waals surface area contributed by atoms with Crippen LogP contribution >= 0.6 is 0 Å². The summed E-state index contributed by atoms with van der Waals surface area (Å²) in [6, 6.07) is 7.80. The second-order valence-electron chi connectivity index (χ2n) is 6.70. The van der Waals surface area contributed by atoms with E-state index in [1.54, 1.807) is 7.11 Å². The minimum atomic E-state index is -0.146. The first-order valence-electron chi connectivity index (χ1n) is 8.83. The molecule has 2 aromatic heterocycles. The summed E-state index contributed by atoms with van der Waals surface area (Å²) in [7, 11) is 1.65. The Morgan fingerprint density at radius 2 is 2.07 bits per heavy atom. The molecule has 8 heteroatoms. The number of aromatic amines is 1. The number of hydrogen-bond acceptors (Lipinski definition) is 6. The number of anilines is 1. The van der Waals surface area contributed by atoms with Gasteiger partial charge < -0.3 is 10.5 Å². The normalized spacial score (nSPS) is 14.1. The average Bonchev–Trinajstić information content (AvgIpc) is 3.03. The number of aromatic nitrogens is 4. The molecular formula is C19H22N6O2. The molecule has 0 bridgehead atoms. The number of H-pyrrole nitrogens is 1. The Balaban J connectivity index is 1.54. The zero-order chi connectivity index (χ0) is 19.0. The summed E-state index contributed by atoms with van der Waals surface area (Å²) in [4.78, 5) is 21.2. The summed E-state index contributed by atoms with van der Waals surface area (Å²) in [6.45, 7) is 4.17.